The summed E-state index contributed by atoms with van der Waals surface area (Å²) in [6.07, 6.45) is 0. The predicted molar refractivity (Wildman–Crippen MR) is 79.2 cm³/mol. The Morgan fingerprint density at radius 3 is 2.48 bits per heavy atom. The van der Waals surface area contributed by atoms with Gasteiger partial charge in [0.25, 0.3) is 5.91 Å². The van der Waals surface area contributed by atoms with Gasteiger partial charge in [0.15, 0.2) is 0 Å². The molecule has 108 valence electrons. The minimum atomic E-state index is -0.519. The van der Waals surface area contributed by atoms with E-state index < -0.39 is 11.7 Å². The molecule has 2 rings (SSSR count). The van der Waals surface area contributed by atoms with Gasteiger partial charge in [0.1, 0.15) is 11.6 Å². The van der Waals surface area contributed by atoms with Crippen LogP contribution in [0.15, 0.2) is 49.0 Å². The molecule has 2 aromatic carbocycles. The van der Waals surface area contributed by atoms with Crippen molar-refractivity contribution in [3.63, 3.8) is 0 Å². The molecular weight excluding hydrogens is 295 g/mol. The highest BCUT2D eigenvalue weighted by molar-refractivity contribution is 6.30. The number of hydrogen-bond acceptors (Lipinski definition) is 3. The van der Waals surface area contributed by atoms with E-state index >= 15 is 0 Å². The molecule has 0 atom stereocenters. The third-order valence-corrected chi connectivity index (χ3v) is 2.97. The predicted octanol–water partition coefficient (Wildman–Crippen LogP) is 3.09. The first-order chi connectivity index (χ1) is 9.97. The van der Waals surface area contributed by atoms with Crippen LogP contribution in [-0.4, -0.2) is 11.0 Å². The molecule has 0 aliphatic rings. The molecule has 0 saturated heterocycles. The maximum Gasteiger partial charge on any atom is 0.269 e. The van der Waals surface area contributed by atoms with Crippen molar-refractivity contribution in [2.24, 2.45) is 0 Å². The molecule has 3 N–H and O–H groups in total. The number of carbonyl (C=O) groups is 1. The molecule has 0 saturated carbocycles. The van der Waals surface area contributed by atoms with Crippen molar-refractivity contribution in [2.75, 3.05) is 0 Å². The molecule has 0 aromatic heterocycles. The van der Waals surface area contributed by atoms with Crippen LogP contribution in [0, 0.1) is 5.82 Å². The van der Waals surface area contributed by atoms with E-state index in [0.717, 1.165) is 12.1 Å². The van der Waals surface area contributed by atoms with Crippen LogP contribution >= 0.6 is 11.6 Å². The minimum Gasteiger partial charge on any atom is -0.507 e. The molecule has 0 radical (unpaired) electrons. The van der Waals surface area contributed by atoms with Gasteiger partial charge in [-0.25, -0.2) is 4.39 Å². The average Bonchev–Trinajstić information content (AvgIpc) is 2.47. The lowest BCUT2D eigenvalue weighted by atomic mass is 10.1. The zero-order valence-corrected chi connectivity index (χ0v) is 11.6. The van der Waals surface area contributed by atoms with Gasteiger partial charge >= 0.3 is 0 Å². The van der Waals surface area contributed by atoms with Crippen LogP contribution < -0.4 is 10.9 Å². The Hall–Kier alpha value is -2.53. The summed E-state index contributed by atoms with van der Waals surface area (Å²) in [4.78, 5) is 11.8. The molecule has 0 unspecified atom stereocenters. The molecule has 1 amide bonds. The molecule has 0 bridgehead atoms. The second-order valence-electron chi connectivity index (χ2n) is 4.23. The third-order valence-electron chi connectivity index (χ3n) is 2.72. The number of hydrogen-bond donors (Lipinski definition) is 3. The van der Waals surface area contributed by atoms with Crippen LogP contribution in [0.1, 0.15) is 15.9 Å². The minimum absolute atomic E-state index is 0.144. The standard InChI is InChI=1S/C15H12ClFN2O2/c1-9(13-8-12(17)6-7-14(13)20)18-19-15(21)10-2-4-11(16)5-3-10/h2-8,18,20H,1H2,(H,19,21). The van der Waals surface area contributed by atoms with Gasteiger partial charge in [-0.1, -0.05) is 18.2 Å². The van der Waals surface area contributed by atoms with E-state index in [1.807, 2.05) is 0 Å². The number of amides is 1. The summed E-state index contributed by atoms with van der Waals surface area (Å²) in [6, 6.07) is 9.73. The zero-order valence-electron chi connectivity index (χ0n) is 10.9. The maximum absolute atomic E-state index is 13.1. The van der Waals surface area contributed by atoms with E-state index in [0.29, 0.717) is 10.6 Å². The van der Waals surface area contributed by atoms with Gasteiger partial charge in [-0.05, 0) is 42.5 Å². The van der Waals surface area contributed by atoms with Crippen LogP contribution in [0.25, 0.3) is 5.70 Å². The topological polar surface area (TPSA) is 61.4 Å². The Labute approximate surface area is 125 Å². The number of phenols is 1. The maximum atomic E-state index is 13.1. The van der Waals surface area contributed by atoms with E-state index in [1.54, 1.807) is 24.3 Å². The van der Waals surface area contributed by atoms with Crippen LogP contribution in [-0.2, 0) is 0 Å². The van der Waals surface area contributed by atoms with Gasteiger partial charge in [0, 0.05) is 16.1 Å². The first-order valence-electron chi connectivity index (χ1n) is 5.97. The fraction of sp³-hybridized carbons (Fsp3) is 0. The Morgan fingerprint density at radius 1 is 1.14 bits per heavy atom. The zero-order chi connectivity index (χ0) is 15.4. The van der Waals surface area contributed by atoms with Crippen LogP contribution in [0.5, 0.6) is 5.75 Å². The van der Waals surface area contributed by atoms with E-state index in [1.165, 1.54) is 6.07 Å². The molecule has 0 aliphatic carbocycles. The number of halogens is 2. The monoisotopic (exact) mass is 306 g/mol. The lowest BCUT2D eigenvalue weighted by Crippen LogP contribution is -2.35. The van der Waals surface area contributed by atoms with Crippen LogP contribution in [0.2, 0.25) is 5.02 Å². The second kappa shape index (κ2) is 6.28. The smallest absolute Gasteiger partial charge is 0.269 e. The van der Waals surface area contributed by atoms with Crippen LogP contribution in [0.4, 0.5) is 4.39 Å². The third kappa shape index (κ3) is 3.73. The summed E-state index contributed by atoms with van der Waals surface area (Å²) in [7, 11) is 0. The van der Waals surface area contributed by atoms with Crippen molar-refractivity contribution < 1.29 is 14.3 Å². The van der Waals surface area contributed by atoms with E-state index in [9.17, 15) is 14.3 Å². The van der Waals surface area contributed by atoms with Gasteiger partial charge in [-0.15, -0.1) is 0 Å². The molecule has 0 spiro atoms. The highest BCUT2D eigenvalue weighted by Crippen LogP contribution is 2.22. The molecule has 21 heavy (non-hydrogen) atoms. The largest absolute Gasteiger partial charge is 0.507 e. The fourth-order valence-corrected chi connectivity index (χ4v) is 1.75. The number of hydrazine groups is 1. The lowest BCUT2D eigenvalue weighted by molar-refractivity contribution is 0.0942. The summed E-state index contributed by atoms with van der Waals surface area (Å²) < 4.78 is 13.1. The van der Waals surface area contributed by atoms with Gasteiger partial charge in [0.05, 0.1) is 5.70 Å². The first-order valence-corrected chi connectivity index (χ1v) is 6.35. The fourth-order valence-electron chi connectivity index (χ4n) is 1.62. The molecular formula is C15H12ClFN2O2. The number of carbonyl (C=O) groups excluding carboxylic acids is 1. The molecule has 2 aromatic rings. The van der Waals surface area contributed by atoms with Crippen LogP contribution in [0.3, 0.4) is 0 Å². The highest BCUT2D eigenvalue weighted by Gasteiger charge is 2.09. The molecule has 4 nitrogen and oxygen atoms in total. The van der Waals surface area contributed by atoms with Crippen molar-refractivity contribution in [1.29, 1.82) is 0 Å². The molecule has 0 aliphatic heterocycles. The highest BCUT2D eigenvalue weighted by atomic mass is 35.5. The van der Waals surface area contributed by atoms with Gasteiger partial charge in [-0.3, -0.25) is 15.6 Å². The summed E-state index contributed by atoms with van der Waals surface area (Å²) >= 11 is 5.73. The molecule has 0 heterocycles. The Morgan fingerprint density at radius 2 is 1.81 bits per heavy atom. The summed E-state index contributed by atoms with van der Waals surface area (Å²) in [5.41, 5.74) is 5.64. The van der Waals surface area contributed by atoms with Crippen molar-refractivity contribution in [1.82, 2.24) is 10.9 Å². The van der Waals surface area contributed by atoms with E-state index in [-0.39, 0.29) is 17.0 Å². The summed E-state index contributed by atoms with van der Waals surface area (Å²) in [6.45, 7) is 3.63. The van der Waals surface area contributed by atoms with Crippen molar-refractivity contribution in [3.05, 3.63) is 71.0 Å². The summed E-state index contributed by atoms with van der Waals surface area (Å²) in [5.74, 6) is -1.08. The van der Waals surface area contributed by atoms with Crippen molar-refractivity contribution >= 4 is 23.2 Å². The molecule has 6 heteroatoms. The van der Waals surface area contributed by atoms with Crippen molar-refractivity contribution in [2.45, 2.75) is 0 Å². The lowest BCUT2D eigenvalue weighted by Gasteiger charge is -2.12. The second-order valence-corrected chi connectivity index (χ2v) is 4.66. The Balaban J connectivity index is 2.02. The quantitative estimate of drug-likeness (QED) is 0.761. The van der Waals surface area contributed by atoms with Gasteiger partial charge in [-0.2, -0.15) is 0 Å². The summed E-state index contributed by atoms with van der Waals surface area (Å²) in [5, 5.41) is 10.1. The number of phenolic OH excluding ortho intramolecular Hbond substituents is 1. The Bertz CT molecular complexity index is 687. The SMILES string of the molecule is C=C(NNC(=O)c1ccc(Cl)cc1)c1cc(F)ccc1O. The normalized spacial score (nSPS) is 10.0. The number of aromatic hydroxyl groups is 1. The number of rotatable bonds is 4. The Kier molecular flexibility index (Phi) is 4.45. The first kappa shape index (κ1) is 14.9. The average molecular weight is 307 g/mol. The van der Waals surface area contributed by atoms with Crippen molar-refractivity contribution in [3.8, 4) is 5.75 Å². The number of nitrogens with one attached hydrogen (secondary N) is 2. The van der Waals surface area contributed by atoms with E-state index in [2.05, 4.69) is 17.4 Å². The molecule has 0 fully saturated rings. The van der Waals surface area contributed by atoms with Gasteiger partial charge in [0.2, 0.25) is 0 Å². The van der Waals surface area contributed by atoms with E-state index in [4.69, 9.17) is 11.6 Å². The van der Waals surface area contributed by atoms with Gasteiger partial charge < -0.3 is 5.11 Å². The number of benzene rings is 2.